The minimum atomic E-state index is -0.228. The van der Waals surface area contributed by atoms with E-state index in [1.54, 1.807) is 19.9 Å². The molecule has 2 heterocycles. The molecule has 0 N–H and O–H groups in total. The Bertz CT molecular complexity index is 551. The summed E-state index contributed by atoms with van der Waals surface area (Å²) in [5, 5.41) is 6.76. The zero-order valence-electron chi connectivity index (χ0n) is 12.3. The van der Waals surface area contributed by atoms with Gasteiger partial charge in [-0.2, -0.15) is 0 Å². The average Bonchev–Trinajstić information content (AvgIpc) is 2.95. The Labute approximate surface area is 118 Å². The molecule has 0 spiro atoms. The molecule has 108 valence electrons. The number of hydrogen-bond donors (Lipinski definition) is 0. The van der Waals surface area contributed by atoms with Crippen LogP contribution in [0.4, 0.5) is 0 Å². The van der Waals surface area contributed by atoms with Crippen molar-refractivity contribution >= 4 is 11.8 Å². The first-order valence-corrected chi connectivity index (χ1v) is 6.63. The van der Waals surface area contributed by atoms with Crippen LogP contribution < -0.4 is 0 Å². The molecule has 1 fully saturated rings. The number of rotatable bonds is 2. The van der Waals surface area contributed by atoms with Crippen molar-refractivity contribution in [1.82, 2.24) is 15.2 Å². The lowest BCUT2D eigenvalue weighted by Gasteiger charge is -2.26. The number of carbonyl (C=O) groups excluding carboxylic acids is 2. The van der Waals surface area contributed by atoms with Crippen LogP contribution in [-0.4, -0.2) is 40.1 Å². The Morgan fingerprint density at radius 2 is 1.85 bits per heavy atom. The third-order valence-corrected chi connectivity index (χ3v) is 3.18. The van der Waals surface area contributed by atoms with E-state index in [1.165, 1.54) is 10.0 Å². The standard InChI is InChI=1S/C14H19N3O3/c1-9(2)8-12(18)16-6-5-7-17(16)14(19)13-10(3)15-20-11(13)4/h8H,5-7H2,1-4H3. The maximum Gasteiger partial charge on any atom is 0.277 e. The van der Waals surface area contributed by atoms with Gasteiger partial charge in [-0.15, -0.1) is 0 Å². The molecule has 1 aliphatic heterocycles. The summed E-state index contributed by atoms with van der Waals surface area (Å²) in [5.74, 6) is 0.0888. The molecule has 2 amide bonds. The molecule has 0 radical (unpaired) electrons. The van der Waals surface area contributed by atoms with Gasteiger partial charge in [0.15, 0.2) is 0 Å². The van der Waals surface area contributed by atoms with E-state index in [-0.39, 0.29) is 11.8 Å². The first-order valence-electron chi connectivity index (χ1n) is 6.63. The Morgan fingerprint density at radius 1 is 1.20 bits per heavy atom. The normalized spacial score (nSPS) is 14.6. The Hall–Kier alpha value is -2.11. The fourth-order valence-corrected chi connectivity index (χ4v) is 2.29. The topological polar surface area (TPSA) is 66.7 Å². The van der Waals surface area contributed by atoms with Crippen LogP contribution in [-0.2, 0) is 4.79 Å². The molecule has 1 saturated heterocycles. The van der Waals surface area contributed by atoms with Gasteiger partial charge in [-0.3, -0.25) is 9.59 Å². The van der Waals surface area contributed by atoms with E-state index < -0.39 is 0 Å². The fourth-order valence-electron chi connectivity index (χ4n) is 2.29. The largest absolute Gasteiger partial charge is 0.361 e. The molecule has 0 bridgehead atoms. The molecule has 0 aliphatic carbocycles. The molecule has 2 rings (SSSR count). The second-order valence-electron chi connectivity index (χ2n) is 5.16. The van der Waals surface area contributed by atoms with Gasteiger partial charge in [0.1, 0.15) is 11.3 Å². The highest BCUT2D eigenvalue weighted by Crippen LogP contribution is 2.20. The maximum atomic E-state index is 12.6. The molecular formula is C14H19N3O3. The average molecular weight is 277 g/mol. The number of nitrogens with zero attached hydrogens (tertiary/aromatic N) is 3. The van der Waals surface area contributed by atoms with Crippen LogP contribution in [0.25, 0.3) is 0 Å². The molecule has 0 atom stereocenters. The summed E-state index contributed by atoms with van der Waals surface area (Å²) in [5.41, 5.74) is 1.91. The van der Waals surface area contributed by atoms with Gasteiger partial charge in [-0.25, -0.2) is 10.0 Å². The van der Waals surface area contributed by atoms with E-state index in [4.69, 9.17) is 4.52 Å². The minimum Gasteiger partial charge on any atom is -0.361 e. The monoisotopic (exact) mass is 277 g/mol. The highest BCUT2D eigenvalue weighted by Gasteiger charge is 2.33. The SMILES string of the molecule is CC(C)=CC(=O)N1CCCN1C(=O)c1c(C)noc1C. The number of allylic oxidation sites excluding steroid dienone is 1. The molecule has 1 aliphatic rings. The van der Waals surface area contributed by atoms with Gasteiger partial charge in [0, 0.05) is 19.2 Å². The van der Waals surface area contributed by atoms with Crippen LogP contribution >= 0.6 is 0 Å². The zero-order chi connectivity index (χ0) is 14.9. The van der Waals surface area contributed by atoms with Gasteiger partial charge in [0.2, 0.25) is 0 Å². The molecule has 6 heteroatoms. The lowest BCUT2D eigenvalue weighted by molar-refractivity contribution is -0.135. The number of carbonyl (C=O) groups is 2. The summed E-state index contributed by atoms with van der Waals surface area (Å²) < 4.78 is 5.02. The Kier molecular flexibility index (Phi) is 3.92. The zero-order valence-corrected chi connectivity index (χ0v) is 12.3. The van der Waals surface area contributed by atoms with Crippen LogP contribution in [0.5, 0.6) is 0 Å². The highest BCUT2D eigenvalue weighted by molar-refractivity contribution is 5.98. The summed E-state index contributed by atoms with van der Waals surface area (Å²) >= 11 is 0. The number of amides is 2. The summed E-state index contributed by atoms with van der Waals surface area (Å²) in [6.07, 6.45) is 2.32. The maximum absolute atomic E-state index is 12.6. The first-order chi connectivity index (χ1) is 9.41. The number of hydrogen-bond acceptors (Lipinski definition) is 4. The van der Waals surface area contributed by atoms with Gasteiger partial charge in [0.05, 0.1) is 5.69 Å². The van der Waals surface area contributed by atoms with Gasteiger partial charge < -0.3 is 4.52 Å². The number of aromatic nitrogens is 1. The van der Waals surface area contributed by atoms with Crippen molar-refractivity contribution < 1.29 is 14.1 Å². The van der Waals surface area contributed by atoms with E-state index in [2.05, 4.69) is 5.16 Å². The second-order valence-corrected chi connectivity index (χ2v) is 5.16. The van der Waals surface area contributed by atoms with Gasteiger partial charge in [-0.05, 0) is 34.1 Å². The predicted molar refractivity (Wildman–Crippen MR) is 72.8 cm³/mol. The van der Waals surface area contributed by atoms with Crippen molar-refractivity contribution in [2.45, 2.75) is 34.1 Å². The van der Waals surface area contributed by atoms with Gasteiger partial charge in [0.25, 0.3) is 11.8 Å². The molecule has 1 aromatic rings. The van der Waals surface area contributed by atoms with Gasteiger partial charge >= 0.3 is 0 Å². The quantitative estimate of drug-likeness (QED) is 0.774. The number of aryl methyl sites for hydroxylation is 2. The van der Waals surface area contributed by atoms with Crippen molar-refractivity contribution in [2.75, 3.05) is 13.1 Å². The third kappa shape index (κ3) is 2.59. The molecule has 6 nitrogen and oxygen atoms in total. The van der Waals surface area contributed by atoms with E-state index in [0.29, 0.717) is 30.1 Å². The van der Waals surface area contributed by atoms with E-state index in [0.717, 1.165) is 12.0 Å². The molecule has 0 aromatic carbocycles. The Balaban J connectivity index is 2.26. The van der Waals surface area contributed by atoms with E-state index >= 15 is 0 Å². The van der Waals surface area contributed by atoms with Crippen molar-refractivity contribution in [3.63, 3.8) is 0 Å². The third-order valence-electron chi connectivity index (χ3n) is 3.18. The molecule has 20 heavy (non-hydrogen) atoms. The molecular weight excluding hydrogens is 258 g/mol. The summed E-state index contributed by atoms with van der Waals surface area (Å²) in [4.78, 5) is 24.7. The van der Waals surface area contributed by atoms with Crippen molar-refractivity contribution in [2.24, 2.45) is 0 Å². The summed E-state index contributed by atoms with van der Waals surface area (Å²) in [7, 11) is 0. The first kappa shape index (κ1) is 14.3. The number of hydrazine groups is 1. The molecule has 0 unspecified atom stereocenters. The highest BCUT2D eigenvalue weighted by atomic mass is 16.5. The van der Waals surface area contributed by atoms with E-state index in [9.17, 15) is 9.59 Å². The van der Waals surface area contributed by atoms with Crippen LogP contribution in [0, 0.1) is 13.8 Å². The summed E-state index contributed by atoms with van der Waals surface area (Å²) in [6, 6.07) is 0. The second kappa shape index (κ2) is 5.48. The lowest BCUT2D eigenvalue weighted by atomic mass is 10.2. The van der Waals surface area contributed by atoms with Crippen molar-refractivity contribution in [3.8, 4) is 0 Å². The van der Waals surface area contributed by atoms with Crippen molar-refractivity contribution in [3.05, 3.63) is 28.7 Å². The predicted octanol–water partition coefficient (Wildman–Crippen LogP) is 1.85. The molecule has 0 saturated carbocycles. The van der Waals surface area contributed by atoms with Gasteiger partial charge in [-0.1, -0.05) is 10.7 Å². The Morgan fingerprint density at radius 3 is 2.40 bits per heavy atom. The summed E-state index contributed by atoms with van der Waals surface area (Å²) in [6.45, 7) is 8.22. The van der Waals surface area contributed by atoms with Crippen LogP contribution in [0.2, 0.25) is 0 Å². The van der Waals surface area contributed by atoms with Crippen LogP contribution in [0.3, 0.4) is 0 Å². The fraction of sp³-hybridized carbons (Fsp3) is 0.500. The van der Waals surface area contributed by atoms with Crippen LogP contribution in [0.15, 0.2) is 16.2 Å². The lowest BCUT2D eigenvalue weighted by Crippen LogP contribution is -2.44. The van der Waals surface area contributed by atoms with Crippen LogP contribution in [0.1, 0.15) is 42.1 Å². The molecule has 1 aromatic heterocycles. The van der Waals surface area contributed by atoms with Crippen molar-refractivity contribution in [1.29, 1.82) is 0 Å². The van der Waals surface area contributed by atoms with E-state index in [1.807, 2.05) is 13.8 Å². The smallest absolute Gasteiger partial charge is 0.277 e. The minimum absolute atomic E-state index is 0.164.